The lowest BCUT2D eigenvalue weighted by atomic mass is 9.44. The minimum atomic E-state index is -2.30. The van der Waals surface area contributed by atoms with Crippen LogP contribution >= 0.6 is 0 Å². The highest BCUT2D eigenvalue weighted by atomic mass is 16.6. The molecule has 2 spiro atoms. The molecule has 7 heterocycles. The molecule has 11 rings (SSSR count). The summed E-state index contributed by atoms with van der Waals surface area (Å²) in [5.41, 5.74) is -2.63. The average molecular weight is 809 g/mol. The van der Waals surface area contributed by atoms with Crippen molar-refractivity contribution in [3.63, 3.8) is 0 Å². The van der Waals surface area contributed by atoms with E-state index >= 15 is 4.79 Å². The van der Waals surface area contributed by atoms with Crippen molar-refractivity contribution >= 4 is 35.0 Å². The van der Waals surface area contributed by atoms with Crippen molar-refractivity contribution in [2.75, 3.05) is 66.0 Å². The van der Waals surface area contributed by atoms with E-state index in [2.05, 4.69) is 41.0 Å². The lowest BCUT2D eigenvalue weighted by molar-refractivity contribution is -0.228. The number of nitrogens with zero attached hydrogens (tertiary/aromatic N) is 4. The molecule has 59 heavy (non-hydrogen) atoms. The van der Waals surface area contributed by atoms with Crippen molar-refractivity contribution in [1.82, 2.24) is 9.80 Å². The third-order valence-corrected chi connectivity index (χ3v) is 16.7. The van der Waals surface area contributed by atoms with Crippen LogP contribution in [0, 0.1) is 17.3 Å². The molecule has 2 aromatic rings. The van der Waals surface area contributed by atoms with Crippen LogP contribution in [0.15, 0.2) is 53.5 Å². The predicted octanol–water partition coefficient (Wildman–Crippen LogP) is 3.57. The van der Waals surface area contributed by atoms with E-state index in [-0.39, 0.29) is 17.9 Å². The largest absolute Gasteiger partial charge is 0.496 e. The van der Waals surface area contributed by atoms with E-state index in [1.165, 1.54) is 21.1 Å². The molecule has 2 aromatic carbocycles. The average Bonchev–Trinajstić information content (AvgIpc) is 3.82. The molecule has 2 saturated carbocycles. The molecule has 4 saturated heterocycles. The minimum absolute atomic E-state index is 0.103. The minimum Gasteiger partial charge on any atom is -0.496 e. The van der Waals surface area contributed by atoms with Crippen molar-refractivity contribution in [2.45, 2.75) is 98.5 Å². The highest BCUT2D eigenvalue weighted by molar-refractivity contribution is 6.21. The Morgan fingerprint density at radius 1 is 0.932 bits per heavy atom. The molecule has 0 amide bonds. The highest BCUT2D eigenvalue weighted by Gasteiger charge is 2.81. The molecule has 0 radical (unpaired) electrons. The van der Waals surface area contributed by atoms with E-state index in [9.17, 15) is 19.8 Å². The van der Waals surface area contributed by atoms with Gasteiger partial charge in [-0.3, -0.25) is 19.5 Å². The van der Waals surface area contributed by atoms with Gasteiger partial charge < -0.3 is 39.0 Å². The van der Waals surface area contributed by atoms with E-state index in [1.807, 2.05) is 43.1 Å². The molecule has 13 heteroatoms. The quantitative estimate of drug-likeness (QED) is 0.239. The molecular weight excluding hydrogens is 753 g/mol. The number of para-hydroxylation sites is 1. The van der Waals surface area contributed by atoms with E-state index < -0.39 is 62.9 Å². The van der Waals surface area contributed by atoms with Gasteiger partial charge in [0.1, 0.15) is 11.2 Å². The second-order valence-corrected chi connectivity index (χ2v) is 18.7. The Morgan fingerprint density at radius 3 is 2.39 bits per heavy atom. The number of rotatable bonds is 7. The van der Waals surface area contributed by atoms with Crippen LogP contribution in [-0.2, 0) is 44.8 Å². The second kappa shape index (κ2) is 12.6. The van der Waals surface area contributed by atoms with Gasteiger partial charge in [-0.05, 0) is 74.4 Å². The summed E-state index contributed by atoms with van der Waals surface area (Å²) in [4.78, 5) is 54.9. The van der Waals surface area contributed by atoms with Crippen LogP contribution in [0.2, 0.25) is 0 Å². The van der Waals surface area contributed by atoms with Gasteiger partial charge in [0.05, 0.1) is 44.4 Å². The monoisotopic (exact) mass is 808 g/mol. The summed E-state index contributed by atoms with van der Waals surface area (Å²) in [5.74, 6) is -1.76. The summed E-state index contributed by atoms with van der Waals surface area (Å²) in [7, 11) is 6.16. The van der Waals surface area contributed by atoms with Crippen molar-refractivity contribution in [1.29, 1.82) is 0 Å². The first kappa shape index (κ1) is 38.9. The van der Waals surface area contributed by atoms with Gasteiger partial charge >= 0.3 is 17.9 Å². The molecule has 314 valence electrons. The van der Waals surface area contributed by atoms with Gasteiger partial charge in [-0.2, -0.15) is 0 Å². The Morgan fingerprint density at radius 2 is 1.69 bits per heavy atom. The number of hydrogen-bond donors (Lipinski definition) is 2. The molecule has 6 fully saturated rings. The van der Waals surface area contributed by atoms with E-state index in [0.29, 0.717) is 68.8 Å². The molecule has 9 aliphatic rings. The van der Waals surface area contributed by atoms with E-state index in [4.69, 9.17) is 23.9 Å². The summed E-state index contributed by atoms with van der Waals surface area (Å²) >= 11 is 0. The smallest absolute Gasteiger partial charge is 0.344 e. The molecule has 0 aromatic heterocycles. The number of benzene rings is 2. The number of hydrogen-bond acceptors (Lipinski definition) is 13. The Labute approximate surface area is 345 Å². The zero-order valence-corrected chi connectivity index (χ0v) is 35.1. The van der Waals surface area contributed by atoms with Crippen molar-refractivity contribution in [3.05, 3.63) is 65.2 Å². The Kier molecular flexibility index (Phi) is 8.32. The van der Waals surface area contributed by atoms with Gasteiger partial charge in [-0.25, -0.2) is 4.79 Å². The summed E-state index contributed by atoms with van der Waals surface area (Å²) in [6.07, 6.45) is 5.47. The lowest BCUT2D eigenvalue weighted by Gasteiger charge is -2.63. The van der Waals surface area contributed by atoms with Crippen molar-refractivity contribution in [2.24, 2.45) is 22.2 Å². The first-order chi connectivity index (χ1) is 28.2. The van der Waals surface area contributed by atoms with E-state index in [0.717, 1.165) is 35.6 Å². The van der Waals surface area contributed by atoms with Crippen LogP contribution in [0.25, 0.3) is 0 Å². The standard InChI is InChI=1S/C46H56N4O9/c1-8-41-15-12-18-50-20-17-44(36(41)50)29-21-30(33(56-5)22-32(29)48(4)37(44)46(55,40(53)58-7)38(41)59-26(3)51)45(39(52)57-6)23-27-24-49-19-16-43(34(27)42(54,9-2)25-49)28-13-10-11-14-31(28)47-35(43)45/h10-15,21-22,27,34,36-38,54-55H,8-9,16-20,23-25H2,1-7H3/t27?,34-,36+,37-,38-,41-,42+,43?,44-,45+,46+/m1/s1. The molecular formula is C46H56N4O9. The first-order valence-corrected chi connectivity index (χ1v) is 21.3. The Bertz CT molecular complexity index is 2250. The molecule has 3 unspecified atom stereocenters. The van der Waals surface area contributed by atoms with Crippen LogP contribution in [-0.4, -0.2) is 134 Å². The summed E-state index contributed by atoms with van der Waals surface area (Å²) in [6.45, 7) is 8.72. The van der Waals surface area contributed by atoms with Crippen LogP contribution in [0.5, 0.6) is 5.75 Å². The van der Waals surface area contributed by atoms with Crippen LogP contribution in [0.3, 0.4) is 0 Å². The summed E-state index contributed by atoms with van der Waals surface area (Å²) in [5, 5.41) is 26.0. The van der Waals surface area contributed by atoms with Crippen molar-refractivity contribution in [3.8, 4) is 5.75 Å². The SMILES string of the molecule is CC[C@]1(O)CN2CCC34C(=Nc5ccccc53)[C@@](C(=O)OC)(c3cc5c(cc3OC)N(C)[C@H]3[C@@](O)(C(=O)OC)[C@H](OC(C)=O)[C@]6(CC)C=CCN7CC[C@]53[C@@H]76)CC(C2)[C@@H]41. The number of methoxy groups -OCH3 is 3. The molecule has 2 N–H and O–H groups in total. The second-order valence-electron chi connectivity index (χ2n) is 18.7. The van der Waals surface area contributed by atoms with Gasteiger partial charge in [-0.15, -0.1) is 0 Å². The van der Waals surface area contributed by atoms with Gasteiger partial charge in [-0.1, -0.05) is 44.2 Å². The molecule has 13 nitrogen and oxygen atoms in total. The number of aliphatic imine (C=N–C) groups is 1. The van der Waals surface area contributed by atoms with Gasteiger partial charge in [0.25, 0.3) is 0 Å². The Hall–Kier alpha value is -4.30. The maximum atomic E-state index is 15.3. The number of piperidine rings is 1. The Balaban J connectivity index is 1.27. The van der Waals surface area contributed by atoms with Crippen LogP contribution in [0.4, 0.5) is 11.4 Å². The fraction of sp³-hybridized carbons (Fsp3) is 0.609. The molecule has 7 aliphatic heterocycles. The van der Waals surface area contributed by atoms with Gasteiger partial charge in [0.2, 0.25) is 5.60 Å². The number of likely N-dealkylation sites (N-methyl/N-ethyl adjacent to an activating group) is 1. The normalized spacial score (nSPS) is 41.8. The number of esters is 3. The maximum Gasteiger partial charge on any atom is 0.344 e. The van der Waals surface area contributed by atoms with Gasteiger partial charge in [0.15, 0.2) is 6.10 Å². The van der Waals surface area contributed by atoms with Crippen LogP contribution in [0.1, 0.15) is 69.6 Å². The van der Waals surface area contributed by atoms with Crippen molar-refractivity contribution < 1.29 is 43.5 Å². The van der Waals surface area contributed by atoms with E-state index in [1.54, 1.807) is 7.11 Å². The first-order valence-electron chi connectivity index (χ1n) is 21.3. The van der Waals surface area contributed by atoms with Gasteiger partial charge in [0, 0.05) is 79.1 Å². The number of anilines is 1. The third kappa shape index (κ3) is 4.35. The third-order valence-electron chi connectivity index (χ3n) is 16.7. The topological polar surface area (TPSA) is 151 Å². The number of aliphatic hydroxyl groups is 2. The number of ether oxygens (including phenoxy) is 4. The number of carbonyl (C=O) groups excluding carboxylic acids is 3. The zero-order chi connectivity index (χ0) is 41.7. The number of fused-ring (bicyclic) bond motifs is 4. The maximum absolute atomic E-state index is 15.3. The highest BCUT2D eigenvalue weighted by Crippen LogP contribution is 2.70. The zero-order valence-electron chi connectivity index (χ0n) is 35.1. The lowest BCUT2D eigenvalue weighted by Crippen LogP contribution is -2.81. The van der Waals surface area contributed by atoms with Crippen LogP contribution < -0.4 is 9.64 Å². The molecule has 2 aliphatic carbocycles. The molecule has 12 atom stereocenters. The summed E-state index contributed by atoms with van der Waals surface area (Å²) in [6, 6.07) is 11.0. The predicted molar refractivity (Wildman–Crippen MR) is 218 cm³/mol. The summed E-state index contributed by atoms with van der Waals surface area (Å²) < 4.78 is 23.9. The molecule has 4 bridgehead atoms. The number of carbonyl (C=O) groups is 3. The fourth-order valence-corrected chi connectivity index (χ4v) is 15.1. The fourth-order valence-electron chi connectivity index (χ4n) is 15.1.